The van der Waals surface area contributed by atoms with Crippen LogP contribution in [0.15, 0.2) is 37.1 Å². The van der Waals surface area contributed by atoms with E-state index in [9.17, 15) is 8.78 Å². The van der Waals surface area contributed by atoms with E-state index in [2.05, 4.69) is 12.7 Å². The van der Waals surface area contributed by atoms with Gasteiger partial charge in [-0.15, -0.1) is 6.58 Å². The van der Waals surface area contributed by atoms with E-state index in [-0.39, 0.29) is 5.75 Å². The van der Waals surface area contributed by atoms with Gasteiger partial charge < -0.3 is 4.74 Å². The standard InChI is InChI=1S/C25H34F2O/c1-3-17-28-23-16-15-22(24(26)25(23)27)14-9-19-7-12-21(13-8-19)20-10-5-18(4-2)6-11-20/h3-4,15-21H,2,5-14H2,1H3/b17-3+. The summed E-state index contributed by atoms with van der Waals surface area (Å²) in [4.78, 5) is 0. The van der Waals surface area contributed by atoms with Crippen molar-refractivity contribution in [1.82, 2.24) is 0 Å². The highest BCUT2D eigenvalue weighted by Gasteiger charge is 2.30. The van der Waals surface area contributed by atoms with Crippen molar-refractivity contribution in [2.45, 2.75) is 71.1 Å². The molecule has 2 saturated carbocycles. The summed E-state index contributed by atoms with van der Waals surface area (Å²) in [6.07, 6.45) is 17.1. The van der Waals surface area contributed by atoms with E-state index < -0.39 is 11.6 Å². The van der Waals surface area contributed by atoms with Crippen LogP contribution >= 0.6 is 0 Å². The van der Waals surface area contributed by atoms with E-state index in [0.29, 0.717) is 17.9 Å². The van der Waals surface area contributed by atoms with Gasteiger partial charge in [0.15, 0.2) is 11.6 Å². The van der Waals surface area contributed by atoms with Crippen LogP contribution in [0.1, 0.15) is 70.3 Å². The summed E-state index contributed by atoms with van der Waals surface area (Å²) in [5.74, 6) is 1.46. The predicted molar refractivity (Wildman–Crippen MR) is 111 cm³/mol. The molecule has 154 valence electrons. The minimum absolute atomic E-state index is 0.0500. The van der Waals surface area contributed by atoms with E-state index in [1.165, 1.54) is 63.7 Å². The number of rotatable bonds is 7. The number of hydrogen-bond acceptors (Lipinski definition) is 1. The SMILES string of the molecule is C=CC1CCC(C2CCC(CCc3ccc(O/C=C/C)c(F)c3F)CC2)CC1. The van der Waals surface area contributed by atoms with Gasteiger partial charge >= 0.3 is 0 Å². The van der Waals surface area contributed by atoms with Gasteiger partial charge in [0.2, 0.25) is 5.82 Å². The average molecular weight is 389 g/mol. The summed E-state index contributed by atoms with van der Waals surface area (Å²) in [6.45, 7) is 5.71. The van der Waals surface area contributed by atoms with E-state index in [1.54, 1.807) is 19.1 Å². The average Bonchev–Trinajstić information content (AvgIpc) is 2.74. The third-order valence-corrected chi connectivity index (χ3v) is 6.99. The molecule has 0 aliphatic heterocycles. The topological polar surface area (TPSA) is 9.23 Å². The molecule has 28 heavy (non-hydrogen) atoms. The maximum atomic E-state index is 14.3. The largest absolute Gasteiger partial charge is 0.462 e. The lowest BCUT2D eigenvalue weighted by atomic mass is 9.68. The van der Waals surface area contributed by atoms with Crippen molar-refractivity contribution in [3.63, 3.8) is 0 Å². The second-order valence-corrected chi connectivity index (χ2v) is 8.67. The Morgan fingerprint density at radius 1 is 0.964 bits per heavy atom. The van der Waals surface area contributed by atoms with E-state index in [4.69, 9.17) is 4.74 Å². The monoisotopic (exact) mass is 388 g/mol. The number of ether oxygens (including phenoxy) is 1. The highest BCUT2D eigenvalue weighted by molar-refractivity contribution is 5.31. The van der Waals surface area contributed by atoms with Crippen molar-refractivity contribution in [2.24, 2.45) is 23.7 Å². The van der Waals surface area contributed by atoms with Gasteiger partial charge in [-0.2, -0.15) is 4.39 Å². The number of allylic oxidation sites excluding steroid dienone is 2. The molecule has 1 aromatic rings. The van der Waals surface area contributed by atoms with Crippen LogP contribution in [0.5, 0.6) is 5.75 Å². The Bertz CT molecular complexity index is 665. The maximum absolute atomic E-state index is 14.3. The van der Waals surface area contributed by atoms with Gasteiger partial charge in [0, 0.05) is 0 Å². The fraction of sp³-hybridized carbons (Fsp3) is 0.600. The molecule has 0 heterocycles. The Balaban J connectivity index is 1.45. The van der Waals surface area contributed by atoms with Gasteiger partial charge in [0.25, 0.3) is 0 Å². The van der Waals surface area contributed by atoms with E-state index in [1.807, 2.05) is 0 Å². The van der Waals surface area contributed by atoms with Crippen LogP contribution in [-0.4, -0.2) is 0 Å². The lowest BCUT2D eigenvalue weighted by Crippen LogP contribution is -2.25. The number of benzene rings is 1. The molecule has 0 atom stereocenters. The lowest BCUT2D eigenvalue weighted by molar-refractivity contribution is 0.152. The highest BCUT2D eigenvalue weighted by atomic mass is 19.2. The predicted octanol–water partition coefficient (Wildman–Crippen LogP) is 7.61. The molecule has 3 rings (SSSR count). The quantitative estimate of drug-likeness (QED) is 0.345. The molecule has 0 spiro atoms. The minimum Gasteiger partial charge on any atom is -0.462 e. The maximum Gasteiger partial charge on any atom is 0.201 e. The molecule has 2 aliphatic rings. The first-order valence-electron chi connectivity index (χ1n) is 11.0. The van der Waals surface area contributed by atoms with Crippen molar-refractivity contribution in [2.75, 3.05) is 0 Å². The molecule has 3 heteroatoms. The van der Waals surface area contributed by atoms with Crippen LogP contribution in [-0.2, 0) is 6.42 Å². The van der Waals surface area contributed by atoms with Crippen molar-refractivity contribution in [1.29, 1.82) is 0 Å². The molecule has 2 fully saturated rings. The molecule has 2 aliphatic carbocycles. The van der Waals surface area contributed by atoms with Crippen molar-refractivity contribution in [3.8, 4) is 5.75 Å². The second-order valence-electron chi connectivity index (χ2n) is 8.67. The minimum atomic E-state index is -0.880. The van der Waals surface area contributed by atoms with Crippen LogP contribution in [0.2, 0.25) is 0 Å². The third kappa shape index (κ3) is 5.24. The Hall–Kier alpha value is -1.64. The van der Waals surface area contributed by atoms with Crippen LogP contribution in [0.3, 0.4) is 0 Å². The van der Waals surface area contributed by atoms with Crippen LogP contribution in [0.25, 0.3) is 0 Å². The molecule has 1 nitrogen and oxygen atoms in total. The number of halogens is 2. The van der Waals surface area contributed by atoms with Gasteiger partial charge in [-0.1, -0.05) is 31.1 Å². The zero-order chi connectivity index (χ0) is 19.9. The van der Waals surface area contributed by atoms with Crippen molar-refractivity contribution < 1.29 is 13.5 Å². The first-order valence-corrected chi connectivity index (χ1v) is 11.0. The van der Waals surface area contributed by atoms with Gasteiger partial charge in [0.1, 0.15) is 0 Å². The summed E-state index contributed by atoms with van der Waals surface area (Å²) in [7, 11) is 0. The van der Waals surface area contributed by atoms with Crippen molar-refractivity contribution in [3.05, 3.63) is 54.3 Å². The van der Waals surface area contributed by atoms with Crippen LogP contribution in [0, 0.1) is 35.3 Å². The first kappa shape index (κ1) is 21.1. The number of hydrogen-bond donors (Lipinski definition) is 0. The molecular weight excluding hydrogens is 354 g/mol. The molecule has 0 radical (unpaired) electrons. The highest BCUT2D eigenvalue weighted by Crippen LogP contribution is 2.42. The molecule has 0 aromatic heterocycles. The number of aryl methyl sites for hydroxylation is 1. The summed E-state index contributed by atoms with van der Waals surface area (Å²) in [5.41, 5.74) is 0.468. The second kappa shape index (κ2) is 10.2. The Morgan fingerprint density at radius 3 is 2.21 bits per heavy atom. The summed E-state index contributed by atoms with van der Waals surface area (Å²) < 4.78 is 33.5. The Labute approximate surface area is 168 Å². The summed E-state index contributed by atoms with van der Waals surface area (Å²) >= 11 is 0. The summed E-state index contributed by atoms with van der Waals surface area (Å²) in [6, 6.07) is 3.20. The van der Waals surface area contributed by atoms with E-state index in [0.717, 1.165) is 24.2 Å². The fourth-order valence-corrected chi connectivity index (χ4v) is 5.16. The molecule has 0 bridgehead atoms. The molecule has 0 unspecified atom stereocenters. The molecule has 0 amide bonds. The van der Waals surface area contributed by atoms with Crippen LogP contribution in [0.4, 0.5) is 8.78 Å². The Kier molecular flexibility index (Phi) is 7.70. The van der Waals surface area contributed by atoms with E-state index >= 15 is 0 Å². The molecular formula is C25H34F2O. The summed E-state index contributed by atoms with van der Waals surface area (Å²) in [5, 5.41) is 0. The molecule has 1 aromatic carbocycles. The zero-order valence-electron chi connectivity index (χ0n) is 17.1. The van der Waals surface area contributed by atoms with Gasteiger partial charge in [0.05, 0.1) is 6.26 Å². The normalized spacial score (nSPS) is 28.4. The van der Waals surface area contributed by atoms with Crippen LogP contribution < -0.4 is 4.74 Å². The van der Waals surface area contributed by atoms with Gasteiger partial charge in [-0.05, 0) is 93.6 Å². The molecule has 0 N–H and O–H groups in total. The zero-order valence-corrected chi connectivity index (χ0v) is 17.1. The first-order chi connectivity index (χ1) is 13.6. The fourth-order valence-electron chi connectivity index (χ4n) is 5.16. The third-order valence-electron chi connectivity index (χ3n) is 6.99. The Morgan fingerprint density at radius 2 is 1.61 bits per heavy atom. The molecule has 0 saturated heterocycles. The van der Waals surface area contributed by atoms with Gasteiger partial charge in [-0.25, -0.2) is 4.39 Å². The smallest absolute Gasteiger partial charge is 0.201 e. The van der Waals surface area contributed by atoms with Crippen molar-refractivity contribution >= 4 is 0 Å². The van der Waals surface area contributed by atoms with Gasteiger partial charge in [-0.3, -0.25) is 0 Å². The lowest BCUT2D eigenvalue weighted by Gasteiger charge is -2.37.